The van der Waals surface area contributed by atoms with Crippen molar-refractivity contribution in [2.75, 3.05) is 21.3 Å². The predicted octanol–water partition coefficient (Wildman–Crippen LogP) is 4.84. The van der Waals surface area contributed by atoms with E-state index in [9.17, 15) is 0 Å². The van der Waals surface area contributed by atoms with Crippen molar-refractivity contribution in [2.45, 2.75) is 6.92 Å². The summed E-state index contributed by atoms with van der Waals surface area (Å²) in [6, 6.07) is 16.2. The van der Waals surface area contributed by atoms with Crippen molar-refractivity contribution in [3.63, 3.8) is 0 Å². The maximum absolute atomic E-state index is 5.74. The lowest BCUT2D eigenvalue weighted by atomic mass is 9.96. The molecule has 0 amide bonds. The number of rotatable bonds is 4. The number of fused-ring (bicyclic) bond motifs is 1. The van der Waals surface area contributed by atoms with Crippen LogP contribution in [-0.2, 0) is 0 Å². The fraction of sp³-hybridized carbons (Fsp3) is 0.200. The fourth-order valence-corrected chi connectivity index (χ4v) is 3.04. The summed E-state index contributed by atoms with van der Waals surface area (Å²) in [5, 5.41) is 2.05. The van der Waals surface area contributed by atoms with Crippen LogP contribution in [-0.4, -0.2) is 21.3 Å². The molecule has 3 nitrogen and oxygen atoms in total. The molecule has 0 saturated heterocycles. The third-order valence-electron chi connectivity index (χ3n) is 4.09. The van der Waals surface area contributed by atoms with Crippen LogP contribution in [0.5, 0.6) is 17.2 Å². The lowest BCUT2D eigenvalue weighted by Crippen LogP contribution is -1.96. The molecule has 0 aromatic heterocycles. The Morgan fingerprint density at radius 1 is 0.652 bits per heavy atom. The van der Waals surface area contributed by atoms with Crippen LogP contribution in [0, 0.1) is 6.92 Å². The van der Waals surface area contributed by atoms with E-state index in [0.29, 0.717) is 0 Å². The molecule has 3 heteroatoms. The molecule has 0 radical (unpaired) electrons. The van der Waals surface area contributed by atoms with Crippen molar-refractivity contribution in [3.8, 4) is 28.4 Å². The van der Waals surface area contributed by atoms with Crippen LogP contribution in [0.3, 0.4) is 0 Å². The van der Waals surface area contributed by atoms with E-state index in [2.05, 4.69) is 0 Å². The third kappa shape index (κ3) is 2.48. The summed E-state index contributed by atoms with van der Waals surface area (Å²) in [4.78, 5) is 0. The first-order valence-corrected chi connectivity index (χ1v) is 7.49. The monoisotopic (exact) mass is 308 g/mol. The van der Waals surface area contributed by atoms with Gasteiger partial charge in [0.25, 0.3) is 0 Å². The van der Waals surface area contributed by atoms with Gasteiger partial charge in [0.1, 0.15) is 17.2 Å². The number of ether oxygens (including phenoxy) is 3. The molecule has 0 N–H and O–H groups in total. The van der Waals surface area contributed by atoms with Gasteiger partial charge in [-0.15, -0.1) is 0 Å². The molecule has 0 saturated carbocycles. The van der Waals surface area contributed by atoms with Crippen molar-refractivity contribution in [1.29, 1.82) is 0 Å². The second kappa shape index (κ2) is 6.21. The van der Waals surface area contributed by atoms with Gasteiger partial charge in [0, 0.05) is 21.9 Å². The molecule has 3 aromatic carbocycles. The summed E-state index contributed by atoms with van der Waals surface area (Å²) in [5.41, 5.74) is 3.04. The summed E-state index contributed by atoms with van der Waals surface area (Å²) in [5.74, 6) is 2.49. The molecule has 3 rings (SSSR count). The normalized spacial score (nSPS) is 10.6. The second-order valence-corrected chi connectivity index (χ2v) is 5.36. The fourth-order valence-electron chi connectivity index (χ4n) is 3.04. The standard InChI is InChI=1S/C20H20O3/c1-13-8-7-11-16(19(13)22-3)17-12-18(21-2)14-9-5-6-10-15(14)20(17)23-4/h5-12H,1-4H3. The molecule has 0 heterocycles. The number of hydrogen-bond acceptors (Lipinski definition) is 3. The van der Waals surface area contributed by atoms with E-state index in [1.807, 2.05) is 55.5 Å². The number of hydrogen-bond donors (Lipinski definition) is 0. The quantitative estimate of drug-likeness (QED) is 0.690. The summed E-state index contributed by atoms with van der Waals surface area (Å²) < 4.78 is 17.0. The molecule has 118 valence electrons. The first kappa shape index (κ1) is 15.2. The molecule has 0 aliphatic heterocycles. The van der Waals surface area contributed by atoms with Crippen molar-refractivity contribution >= 4 is 10.8 Å². The Hall–Kier alpha value is -2.68. The number of benzene rings is 3. The summed E-state index contributed by atoms with van der Waals surface area (Å²) in [6.45, 7) is 2.03. The number of aryl methyl sites for hydroxylation is 1. The van der Waals surface area contributed by atoms with Gasteiger partial charge in [-0.3, -0.25) is 0 Å². The first-order valence-electron chi connectivity index (χ1n) is 7.49. The Bertz CT molecular complexity index is 853. The lowest BCUT2D eigenvalue weighted by molar-refractivity contribution is 0.407. The summed E-state index contributed by atoms with van der Waals surface area (Å²) in [6.07, 6.45) is 0. The maximum atomic E-state index is 5.74. The van der Waals surface area contributed by atoms with Gasteiger partial charge in [-0.25, -0.2) is 0 Å². The zero-order chi connectivity index (χ0) is 16.4. The minimum atomic E-state index is 0.819. The first-order chi connectivity index (χ1) is 11.2. The van der Waals surface area contributed by atoms with Gasteiger partial charge in [-0.05, 0) is 18.6 Å². The largest absolute Gasteiger partial charge is 0.496 e. The van der Waals surface area contributed by atoms with Crippen molar-refractivity contribution < 1.29 is 14.2 Å². The van der Waals surface area contributed by atoms with E-state index in [0.717, 1.165) is 44.7 Å². The van der Waals surface area contributed by atoms with Gasteiger partial charge < -0.3 is 14.2 Å². The Morgan fingerprint density at radius 3 is 2.00 bits per heavy atom. The van der Waals surface area contributed by atoms with Crippen LogP contribution < -0.4 is 14.2 Å². The zero-order valence-electron chi connectivity index (χ0n) is 13.8. The maximum Gasteiger partial charge on any atom is 0.134 e. The molecule has 23 heavy (non-hydrogen) atoms. The highest BCUT2D eigenvalue weighted by atomic mass is 16.5. The molecular weight excluding hydrogens is 288 g/mol. The summed E-state index contributed by atoms with van der Waals surface area (Å²) >= 11 is 0. The van der Waals surface area contributed by atoms with Crippen LogP contribution in [0.4, 0.5) is 0 Å². The van der Waals surface area contributed by atoms with Crippen LogP contribution in [0.1, 0.15) is 5.56 Å². The Balaban J connectivity index is 2.40. The average molecular weight is 308 g/mol. The Kier molecular flexibility index (Phi) is 4.11. The van der Waals surface area contributed by atoms with E-state index in [1.165, 1.54) is 0 Å². The summed E-state index contributed by atoms with van der Waals surface area (Å²) in [7, 11) is 5.07. The van der Waals surface area contributed by atoms with E-state index in [-0.39, 0.29) is 0 Å². The van der Waals surface area contributed by atoms with Crippen LogP contribution >= 0.6 is 0 Å². The molecule has 0 atom stereocenters. The van der Waals surface area contributed by atoms with Gasteiger partial charge in [0.05, 0.1) is 21.3 Å². The highest BCUT2D eigenvalue weighted by Crippen LogP contribution is 2.45. The van der Waals surface area contributed by atoms with E-state index < -0.39 is 0 Å². The zero-order valence-corrected chi connectivity index (χ0v) is 13.8. The van der Waals surface area contributed by atoms with Gasteiger partial charge in [-0.1, -0.05) is 42.5 Å². The van der Waals surface area contributed by atoms with Crippen LogP contribution in [0.2, 0.25) is 0 Å². The smallest absolute Gasteiger partial charge is 0.134 e. The average Bonchev–Trinajstić information content (AvgIpc) is 2.60. The van der Waals surface area contributed by atoms with E-state index in [4.69, 9.17) is 14.2 Å². The van der Waals surface area contributed by atoms with Gasteiger partial charge in [0.2, 0.25) is 0 Å². The SMILES string of the molecule is COc1c(C)cccc1-c1cc(OC)c2ccccc2c1OC. The van der Waals surface area contributed by atoms with Crippen molar-refractivity contribution in [1.82, 2.24) is 0 Å². The lowest BCUT2D eigenvalue weighted by Gasteiger charge is -2.18. The van der Waals surface area contributed by atoms with Gasteiger partial charge in [0.15, 0.2) is 0 Å². The molecule has 0 aliphatic rings. The van der Waals surface area contributed by atoms with Crippen molar-refractivity contribution in [2.24, 2.45) is 0 Å². The Labute approximate surface area is 136 Å². The van der Waals surface area contributed by atoms with Crippen LogP contribution in [0.25, 0.3) is 21.9 Å². The Morgan fingerprint density at radius 2 is 1.35 bits per heavy atom. The van der Waals surface area contributed by atoms with Gasteiger partial charge >= 0.3 is 0 Å². The molecule has 0 aliphatic carbocycles. The number of para-hydroxylation sites is 1. The molecule has 3 aromatic rings. The van der Waals surface area contributed by atoms with E-state index >= 15 is 0 Å². The molecular formula is C20H20O3. The second-order valence-electron chi connectivity index (χ2n) is 5.36. The third-order valence-corrected chi connectivity index (χ3v) is 4.09. The highest BCUT2D eigenvalue weighted by Gasteiger charge is 2.18. The van der Waals surface area contributed by atoms with Crippen LogP contribution in [0.15, 0.2) is 48.5 Å². The molecule has 0 bridgehead atoms. The molecule has 0 unspecified atom stereocenters. The minimum Gasteiger partial charge on any atom is -0.496 e. The van der Waals surface area contributed by atoms with E-state index in [1.54, 1.807) is 21.3 Å². The van der Waals surface area contributed by atoms with Gasteiger partial charge in [-0.2, -0.15) is 0 Å². The number of methoxy groups -OCH3 is 3. The highest BCUT2D eigenvalue weighted by molar-refractivity contribution is 6.00. The predicted molar refractivity (Wildman–Crippen MR) is 93.8 cm³/mol. The topological polar surface area (TPSA) is 27.7 Å². The molecule has 0 spiro atoms. The molecule has 0 fully saturated rings. The minimum absolute atomic E-state index is 0.819. The van der Waals surface area contributed by atoms with Crippen molar-refractivity contribution in [3.05, 3.63) is 54.1 Å².